The summed E-state index contributed by atoms with van der Waals surface area (Å²) in [6.45, 7) is 14.4. The van der Waals surface area contributed by atoms with E-state index in [1.165, 1.54) is 12.8 Å². The van der Waals surface area contributed by atoms with Gasteiger partial charge in [0.2, 0.25) is 0 Å². The molecule has 0 saturated carbocycles. The molecule has 0 radical (unpaired) electrons. The number of imidazole rings is 1. The van der Waals surface area contributed by atoms with Crippen LogP contribution in [0.5, 0.6) is 0 Å². The summed E-state index contributed by atoms with van der Waals surface area (Å²) in [6, 6.07) is 23.6. The Morgan fingerprint density at radius 3 is 1.75 bits per heavy atom. The van der Waals surface area contributed by atoms with Crippen LogP contribution in [0, 0.1) is 25.7 Å². The molecule has 10 heterocycles. The normalized spacial score (nSPS) is 20.8. The van der Waals surface area contributed by atoms with Crippen LogP contribution in [0.3, 0.4) is 0 Å². The van der Waals surface area contributed by atoms with Gasteiger partial charge in [0.1, 0.15) is 22.8 Å². The quantitative estimate of drug-likeness (QED) is 0.164. The van der Waals surface area contributed by atoms with E-state index < -0.39 is 0 Å². The summed E-state index contributed by atoms with van der Waals surface area (Å²) in [5.41, 5.74) is 10.6. The minimum Gasteiger partial charge on any atom is -0.356 e. The number of H-pyrrole nitrogens is 1. The van der Waals surface area contributed by atoms with Gasteiger partial charge >= 0.3 is 0 Å². The zero-order valence-corrected chi connectivity index (χ0v) is 40.1. The molecule has 15 nitrogen and oxygen atoms in total. The molecular formula is C54H61N13O2. The van der Waals surface area contributed by atoms with Crippen LogP contribution >= 0.6 is 0 Å². The van der Waals surface area contributed by atoms with Crippen molar-refractivity contribution >= 4 is 45.8 Å². The van der Waals surface area contributed by atoms with Gasteiger partial charge in [-0.05, 0) is 101 Å². The lowest BCUT2D eigenvalue weighted by molar-refractivity contribution is 0.0595. The Hall–Kier alpha value is -7.16. The van der Waals surface area contributed by atoms with Crippen molar-refractivity contribution in [3.63, 3.8) is 0 Å². The van der Waals surface area contributed by atoms with Gasteiger partial charge in [-0.2, -0.15) is 10.2 Å². The SMILES string of the molecule is Cc1cn2nc([C@@H]3CCCCN3C(=O)c3ccc(-c4ccccc4)cn3)cc2nc1N1CC[C@H](C)C1.Cc1cn2nc([C@@H]3CCCCN3C(=O)c3cccc4[nH]cnc34)cc2nc1N1CC[C@H](C)C1. The molecule has 69 heavy (non-hydrogen) atoms. The van der Waals surface area contributed by atoms with Crippen molar-refractivity contribution in [3.05, 3.63) is 131 Å². The standard InChI is InChI=1S/C29H32N6O.C25H29N7O/c1-20-13-15-33(18-20)28-21(2)19-35-27(31-28)16-25(32-35)26-10-6-7-14-34(26)29(36)24-12-11-23(17-30-24)22-8-4-3-5-9-22;1-16-9-11-30(13-16)24-17(2)14-32-22(28-24)12-20(29-32)21-8-3-4-10-31(21)25(33)18-6-5-7-19-23(18)27-15-26-19/h3-5,8-9,11-12,16-17,19-20,26H,6-7,10,13-15,18H2,1-2H3;5-7,12,14-16,21H,3-4,8-11,13H2,1-2H3,(H,26,27)/t20-,26-;16-,21-/m00/s1. The molecule has 4 aliphatic heterocycles. The van der Waals surface area contributed by atoms with Crippen LogP contribution in [-0.2, 0) is 0 Å². The van der Waals surface area contributed by atoms with E-state index in [9.17, 15) is 9.59 Å². The third kappa shape index (κ3) is 8.79. The van der Waals surface area contributed by atoms with Crippen LogP contribution in [-0.4, -0.2) is 105 Å². The third-order valence-electron chi connectivity index (χ3n) is 14.7. The summed E-state index contributed by atoms with van der Waals surface area (Å²) in [7, 11) is 0. The summed E-state index contributed by atoms with van der Waals surface area (Å²) in [4.78, 5) is 57.9. The second kappa shape index (κ2) is 18.7. The van der Waals surface area contributed by atoms with Crippen molar-refractivity contribution in [1.82, 2.24) is 53.9 Å². The summed E-state index contributed by atoms with van der Waals surface area (Å²) >= 11 is 0. The van der Waals surface area contributed by atoms with Gasteiger partial charge in [0.15, 0.2) is 11.3 Å². The average molecular weight is 924 g/mol. The van der Waals surface area contributed by atoms with Crippen LogP contribution in [0.1, 0.15) is 121 Å². The number of aryl methyl sites for hydroxylation is 2. The number of piperidine rings is 2. The Balaban J connectivity index is 0.000000151. The van der Waals surface area contributed by atoms with Gasteiger partial charge < -0.3 is 24.6 Å². The Bertz CT molecular complexity index is 3140. The van der Waals surface area contributed by atoms with Crippen molar-refractivity contribution < 1.29 is 9.59 Å². The Morgan fingerprint density at radius 1 is 0.609 bits per heavy atom. The fourth-order valence-corrected chi connectivity index (χ4v) is 11.0. The summed E-state index contributed by atoms with van der Waals surface area (Å²) < 4.78 is 3.75. The number of nitrogens with zero attached hydrogens (tertiary/aromatic N) is 12. The van der Waals surface area contributed by atoms with Gasteiger partial charge in [-0.3, -0.25) is 14.6 Å². The van der Waals surface area contributed by atoms with Crippen LogP contribution in [0.2, 0.25) is 0 Å². The molecule has 15 heteroatoms. The van der Waals surface area contributed by atoms with Gasteiger partial charge in [-0.1, -0.05) is 56.3 Å². The number of carbonyl (C=O) groups is 2. The topological polar surface area (TPSA) is 149 Å². The molecule has 0 spiro atoms. The molecule has 2 amide bonds. The Labute approximate surface area is 402 Å². The molecule has 0 bridgehead atoms. The first kappa shape index (κ1) is 44.4. The van der Waals surface area contributed by atoms with E-state index in [0.29, 0.717) is 29.6 Å². The second-order valence-electron chi connectivity index (χ2n) is 19.8. The first-order valence-corrected chi connectivity index (χ1v) is 24.9. The van der Waals surface area contributed by atoms with E-state index in [4.69, 9.17) is 20.2 Å². The number of anilines is 2. The molecule has 8 aromatic rings. The number of aromatic amines is 1. The average Bonchev–Trinajstić information content (AvgIpc) is 4.25. The minimum atomic E-state index is -0.0703. The lowest BCUT2D eigenvalue weighted by atomic mass is 9.98. The number of nitrogens with one attached hydrogen (secondary N) is 1. The number of likely N-dealkylation sites (tertiary alicyclic amines) is 2. The van der Waals surface area contributed by atoms with E-state index >= 15 is 0 Å². The van der Waals surface area contributed by atoms with Crippen molar-refractivity contribution in [1.29, 1.82) is 0 Å². The molecule has 1 N–H and O–H groups in total. The van der Waals surface area contributed by atoms with Gasteiger partial charge in [0.25, 0.3) is 11.8 Å². The number of fused-ring (bicyclic) bond motifs is 3. The van der Waals surface area contributed by atoms with Crippen molar-refractivity contribution in [3.8, 4) is 11.1 Å². The highest BCUT2D eigenvalue weighted by Gasteiger charge is 2.34. The maximum absolute atomic E-state index is 13.6. The predicted molar refractivity (Wildman–Crippen MR) is 268 cm³/mol. The highest BCUT2D eigenvalue weighted by Crippen LogP contribution is 2.36. The van der Waals surface area contributed by atoms with Crippen molar-refractivity contribution in [2.45, 2.75) is 91.1 Å². The maximum Gasteiger partial charge on any atom is 0.273 e. The van der Waals surface area contributed by atoms with Crippen LogP contribution < -0.4 is 9.80 Å². The van der Waals surface area contributed by atoms with Gasteiger partial charge in [0.05, 0.1) is 40.9 Å². The molecule has 6 aromatic heterocycles. The highest BCUT2D eigenvalue weighted by atomic mass is 16.2. The fraction of sp³-hybridized carbons (Fsp3) is 0.407. The molecular weight excluding hydrogens is 863 g/mol. The number of amides is 2. The van der Waals surface area contributed by atoms with Crippen molar-refractivity contribution in [2.75, 3.05) is 49.1 Å². The van der Waals surface area contributed by atoms with E-state index in [2.05, 4.69) is 77.0 Å². The minimum absolute atomic E-state index is 0.0188. The molecule has 12 rings (SSSR count). The monoisotopic (exact) mass is 924 g/mol. The van der Waals surface area contributed by atoms with Crippen LogP contribution in [0.25, 0.3) is 33.5 Å². The molecule has 4 atom stereocenters. The number of aromatic nitrogens is 9. The largest absolute Gasteiger partial charge is 0.356 e. The van der Waals surface area contributed by atoms with Gasteiger partial charge in [-0.15, -0.1) is 0 Å². The van der Waals surface area contributed by atoms with E-state index in [1.807, 2.05) is 79.5 Å². The zero-order chi connectivity index (χ0) is 47.2. The van der Waals surface area contributed by atoms with E-state index in [0.717, 1.165) is 139 Å². The number of benzene rings is 2. The lowest BCUT2D eigenvalue weighted by Gasteiger charge is -2.34. The number of pyridine rings is 1. The Kier molecular flexibility index (Phi) is 12.0. The lowest BCUT2D eigenvalue weighted by Crippen LogP contribution is -2.39. The number of rotatable bonds is 7. The third-order valence-corrected chi connectivity index (χ3v) is 14.7. The number of hydrogen-bond acceptors (Lipinski definition) is 10. The summed E-state index contributed by atoms with van der Waals surface area (Å²) in [5.74, 6) is 3.49. The Morgan fingerprint density at radius 2 is 1.20 bits per heavy atom. The zero-order valence-electron chi connectivity index (χ0n) is 40.1. The van der Waals surface area contributed by atoms with Crippen LogP contribution in [0.15, 0.2) is 97.7 Å². The highest BCUT2D eigenvalue weighted by molar-refractivity contribution is 6.05. The number of carbonyl (C=O) groups excluding carboxylic acids is 2. The van der Waals surface area contributed by atoms with E-state index in [1.54, 1.807) is 12.5 Å². The van der Waals surface area contributed by atoms with Gasteiger partial charge in [-0.25, -0.2) is 24.0 Å². The first-order chi connectivity index (χ1) is 33.6. The smallest absolute Gasteiger partial charge is 0.273 e. The molecule has 0 unspecified atom stereocenters. The molecule has 4 fully saturated rings. The van der Waals surface area contributed by atoms with Crippen molar-refractivity contribution in [2.24, 2.45) is 11.8 Å². The second-order valence-corrected chi connectivity index (χ2v) is 19.8. The number of hydrogen-bond donors (Lipinski definition) is 1. The van der Waals surface area contributed by atoms with Crippen LogP contribution in [0.4, 0.5) is 11.6 Å². The van der Waals surface area contributed by atoms with Gasteiger partial charge in [0, 0.05) is 86.7 Å². The molecule has 4 saturated heterocycles. The van der Waals surface area contributed by atoms with E-state index in [-0.39, 0.29) is 23.9 Å². The maximum atomic E-state index is 13.6. The summed E-state index contributed by atoms with van der Waals surface area (Å²) in [5, 5.41) is 9.76. The predicted octanol–water partition coefficient (Wildman–Crippen LogP) is 9.44. The molecule has 354 valence electrons. The molecule has 4 aliphatic rings. The fourth-order valence-electron chi connectivity index (χ4n) is 11.0. The first-order valence-electron chi connectivity index (χ1n) is 24.9. The summed E-state index contributed by atoms with van der Waals surface area (Å²) in [6.07, 6.45) is 15.9. The molecule has 0 aliphatic carbocycles. The molecule has 2 aromatic carbocycles. The number of para-hydroxylation sites is 1.